The van der Waals surface area contributed by atoms with E-state index in [0.29, 0.717) is 0 Å². The summed E-state index contributed by atoms with van der Waals surface area (Å²) in [6.45, 7) is 0.286. The molecule has 0 spiro atoms. The van der Waals surface area contributed by atoms with Crippen LogP contribution in [-0.4, -0.2) is 37.1 Å². The quantitative estimate of drug-likeness (QED) is 0.551. The van der Waals surface area contributed by atoms with E-state index in [9.17, 15) is 13.6 Å². The third-order valence-corrected chi connectivity index (χ3v) is 2.63. The molecule has 0 aromatic rings. The fraction of sp³-hybridized carbons (Fsp3) is 0.857. The monoisotopic (exact) mass is 177 g/mol. The van der Waals surface area contributed by atoms with Crippen LogP contribution in [0.5, 0.6) is 0 Å². The second-order valence-corrected chi connectivity index (χ2v) is 3.26. The van der Waals surface area contributed by atoms with Crippen molar-refractivity contribution >= 4 is 6.09 Å². The number of hydrogen-bond donors (Lipinski definition) is 0. The Morgan fingerprint density at radius 1 is 1.50 bits per heavy atom. The zero-order valence-electron chi connectivity index (χ0n) is 6.59. The highest BCUT2D eigenvalue weighted by Crippen LogP contribution is 2.59. The second kappa shape index (κ2) is 2.08. The molecular formula is C7H9F2NO2. The molecule has 0 bridgehead atoms. The molecule has 0 radical (unpaired) electrons. The van der Waals surface area contributed by atoms with Crippen LogP contribution in [-0.2, 0) is 4.74 Å². The minimum absolute atomic E-state index is 0.143. The highest BCUT2D eigenvalue weighted by Gasteiger charge is 2.72. The van der Waals surface area contributed by atoms with E-state index in [0.717, 1.165) is 0 Å². The second-order valence-electron chi connectivity index (χ2n) is 3.26. The molecule has 0 aromatic carbocycles. The van der Waals surface area contributed by atoms with Crippen molar-refractivity contribution in [2.45, 2.75) is 5.92 Å². The average molecular weight is 177 g/mol. The lowest BCUT2D eigenvalue weighted by molar-refractivity contribution is 0.0503. The summed E-state index contributed by atoms with van der Waals surface area (Å²) in [6.07, 6.45) is -0.502. The number of amides is 1. The van der Waals surface area contributed by atoms with Crippen molar-refractivity contribution in [3.63, 3.8) is 0 Å². The molecule has 5 heteroatoms. The summed E-state index contributed by atoms with van der Waals surface area (Å²) < 4.78 is 29.6. The molecule has 1 amide bonds. The maximum Gasteiger partial charge on any atom is 0.409 e. The third-order valence-electron chi connectivity index (χ3n) is 2.63. The van der Waals surface area contributed by atoms with E-state index >= 15 is 0 Å². The molecule has 0 aromatic heterocycles. The van der Waals surface area contributed by atoms with Crippen LogP contribution in [0.3, 0.4) is 0 Å². The molecule has 0 N–H and O–H groups in total. The van der Waals surface area contributed by atoms with Gasteiger partial charge in [-0.15, -0.1) is 0 Å². The molecule has 2 rings (SSSR count). The van der Waals surface area contributed by atoms with E-state index in [-0.39, 0.29) is 13.1 Å². The Bertz CT molecular complexity index is 217. The summed E-state index contributed by atoms with van der Waals surface area (Å²) in [4.78, 5) is 12.2. The molecule has 1 aliphatic carbocycles. The maximum absolute atomic E-state index is 12.6. The number of methoxy groups -OCH3 is 1. The standard InChI is InChI=1S/C7H9F2NO2/c1-12-6(11)10-2-4-5(3-10)7(4,8)9/h4-5H,2-3H2,1H3. The van der Waals surface area contributed by atoms with Crippen molar-refractivity contribution < 1.29 is 18.3 Å². The number of rotatable bonds is 0. The molecule has 2 atom stereocenters. The number of fused-ring (bicyclic) bond motifs is 1. The van der Waals surface area contributed by atoms with Crippen molar-refractivity contribution in [1.82, 2.24) is 4.90 Å². The Morgan fingerprint density at radius 3 is 2.42 bits per heavy atom. The lowest BCUT2D eigenvalue weighted by Crippen LogP contribution is -2.33. The smallest absolute Gasteiger partial charge is 0.409 e. The van der Waals surface area contributed by atoms with Gasteiger partial charge in [-0.2, -0.15) is 0 Å². The number of ether oxygens (including phenoxy) is 1. The van der Waals surface area contributed by atoms with Crippen LogP contribution < -0.4 is 0 Å². The van der Waals surface area contributed by atoms with Crippen LogP contribution in [0.15, 0.2) is 0 Å². The van der Waals surface area contributed by atoms with Gasteiger partial charge >= 0.3 is 6.09 Å². The minimum Gasteiger partial charge on any atom is -0.453 e. The molecule has 12 heavy (non-hydrogen) atoms. The summed E-state index contributed by atoms with van der Waals surface area (Å²) in [7, 11) is 1.25. The topological polar surface area (TPSA) is 29.5 Å². The first-order valence-electron chi connectivity index (χ1n) is 3.78. The summed E-state index contributed by atoms with van der Waals surface area (Å²) in [5, 5.41) is 0. The van der Waals surface area contributed by atoms with Gasteiger partial charge in [0.15, 0.2) is 0 Å². The Kier molecular flexibility index (Phi) is 1.35. The summed E-state index contributed by atoms with van der Waals surface area (Å²) in [5.74, 6) is -3.75. The molecule has 68 valence electrons. The predicted molar refractivity (Wildman–Crippen MR) is 35.9 cm³/mol. The third kappa shape index (κ3) is 0.820. The van der Waals surface area contributed by atoms with Crippen molar-refractivity contribution in [2.24, 2.45) is 11.8 Å². The van der Waals surface area contributed by atoms with Crippen LogP contribution in [0.4, 0.5) is 13.6 Å². The van der Waals surface area contributed by atoms with E-state index in [4.69, 9.17) is 0 Å². The normalized spacial score (nSPS) is 36.1. The van der Waals surface area contributed by atoms with Crippen LogP contribution >= 0.6 is 0 Å². The van der Waals surface area contributed by atoms with Crippen LogP contribution in [0.2, 0.25) is 0 Å². The zero-order valence-corrected chi connectivity index (χ0v) is 6.59. The maximum atomic E-state index is 12.6. The van der Waals surface area contributed by atoms with Gasteiger partial charge in [0.25, 0.3) is 5.92 Å². The first-order valence-corrected chi connectivity index (χ1v) is 3.78. The number of nitrogens with zero attached hydrogens (tertiary/aromatic N) is 1. The molecular weight excluding hydrogens is 168 g/mol. The lowest BCUT2D eigenvalue weighted by atomic mass is 10.4. The molecule has 1 heterocycles. The molecule has 2 fully saturated rings. The number of likely N-dealkylation sites (tertiary alicyclic amines) is 1. The van der Waals surface area contributed by atoms with Gasteiger partial charge in [-0.1, -0.05) is 0 Å². The van der Waals surface area contributed by atoms with Crippen molar-refractivity contribution in [2.75, 3.05) is 20.2 Å². The van der Waals surface area contributed by atoms with Crippen LogP contribution in [0.25, 0.3) is 0 Å². The Morgan fingerprint density at radius 2 is 2.00 bits per heavy atom. The van der Waals surface area contributed by atoms with E-state index < -0.39 is 23.9 Å². The summed E-state index contributed by atoms with van der Waals surface area (Å²) in [5.41, 5.74) is 0. The summed E-state index contributed by atoms with van der Waals surface area (Å²) in [6, 6.07) is 0. The Hall–Kier alpha value is -0.870. The van der Waals surface area contributed by atoms with E-state index in [1.165, 1.54) is 12.0 Å². The number of carbonyl (C=O) groups excluding carboxylic acids is 1. The highest BCUT2D eigenvalue weighted by molar-refractivity contribution is 5.68. The number of hydrogen-bond acceptors (Lipinski definition) is 2. The van der Waals surface area contributed by atoms with Crippen LogP contribution in [0, 0.1) is 11.8 Å². The molecule has 2 unspecified atom stereocenters. The first kappa shape index (κ1) is 7.76. The van der Waals surface area contributed by atoms with Gasteiger partial charge in [0.1, 0.15) is 0 Å². The largest absolute Gasteiger partial charge is 0.453 e. The lowest BCUT2D eigenvalue weighted by Gasteiger charge is -2.17. The molecule has 2 aliphatic rings. The van der Waals surface area contributed by atoms with E-state index in [1.807, 2.05) is 0 Å². The van der Waals surface area contributed by atoms with Gasteiger partial charge < -0.3 is 9.64 Å². The van der Waals surface area contributed by atoms with Crippen molar-refractivity contribution in [3.8, 4) is 0 Å². The van der Waals surface area contributed by atoms with Gasteiger partial charge in [0, 0.05) is 13.1 Å². The Balaban J connectivity index is 1.94. The zero-order chi connectivity index (χ0) is 8.93. The fourth-order valence-corrected chi connectivity index (χ4v) is 1.79. The van der Waals surface area contributed by atoms with E-state index in [2.05, 4.69) is 4.74 Å². The first-order chi connectivity index (χ1) is 5.57. The van der Waals surface area contributed by atoms with Gasteiger partial charge in [-0.3, -0.25) is 0 Å². The minimum atomic E-state index is -2.52. The van der Waals surface area contributed by atoms with Crippen LogP contribution in [0.1, 0.15) is 0 Å². The molecule has 3 nitrogen and oxygen atoms in total. The average Bonchev–Trinajstić information content (AvgIpc) is 2.52. The van der Waals surface area contributed by atoms with Gasteiger partial charge in [0.2, 0.25) is 0 Å². The Labute approximate surface area is 68.3 Å². The van der Waals surface area contributed by atoms with Crippen molar-refractivity contribution in [1.29, 1.82) is 0 Å². The molecule has 1 saturated carbocycles. The SMILES string of the molecule is COC(=O)N1CC2C(C1)C2(F)F. The highest BCUT2D eigenvalue weighted by atomic mass is 19.3. The predicted octanol–water partition coefficient (Wildman–Crippen LogP) is 0.950. The van der Waals surface area contributed by atoms with Gasteiger partial charge in [-0.05, 0) is 0 Å². The number of piperidine rings is 1. The van der Waals surface area contributed by atoms with E-state index in [1.54, 1.807) is 0 Å². The van der Waals surface area contributed by atoms with Gasteiger partial charge in [0.05, 0.1) is 18.9 Å². The number of alkyl halides is 2. The van der Waals surface area contributed by atoms with Crippen molar-refractivity contribution in [3.05, 3.63) is 0 Å². The van der Waals surface area contributed by atoms with Gasteiger partial charge in [-0.25, -0.2) is 13.6 Å². The molecule has 1 saturated heterocycles. The summed E-state index contributed by atoms with van der Waals surface area (Å²) >= 11 is 0. The number of carbonyl (C=O) groups is 1. The fourth-order valence-electron chi connectivity index (χ4n) is 1.79. The number of halogens is 2. The molecule has 1 aliphatic heterocycles.